The van der Waals surface area contributed by atoms with Gasteiger partial charge in [-0.2, -0.15) is 15.0 Å². The van der Waals surface area contributed by atoms with Crippen molar-refractivity contribution in [2.75, 3.05) is 17.6 Å². The van der Waals surface area contributed by atoms with Crippen LogP contribution in [0.2, 0.25) is 0 Å². The van der Waals surface area contributed by atoms with Crippen molar-refractivity contribution in [1.82, 2.24) is 15.0 Å². The van der Waals surface area contributed by atoms with Gasteiger partial charge in [-0.1, -0.05) is 17.7 Å². The summed E-state index contributed by atoms with van der Waals surface area (Å²) in [6, 6.07) is 13.6. The van der Waals surface area contributed by atoms with Crippen molar-refractivity contribution in [3.63, 3.8) is 0 Å². The summed E-state index contributed by atoms with van der Waals surface area (Å²) in [6.45, 7) is 2.73. The van der Waals surface area contributed by atoms with E-state index >= 15 is 0 Å². The number of hydrogen-bond acceptors (Lipinski definition) is 8. The number of benzene rings is 2. The van der Waals surface area contributed by atoms with Crippen molar-refractivity contribution in [2.45, 2.75) is 19.6 Å². The largest absolute Gasteiger partial charge is 0.382 e. The number of aliphatic hydroxyl groups excluding tert-OH is 1. The maximum atomic E-state index is 10.7. The minimum absolute atomic E-state index is 0.0146. The molecule has 3 rings (SSSR count). The van der Waals surface area contributed by atoms with E-state index in [2.05, 4.69) is 20.3 Å². The van der Waals surface area contributed by atoms with Crippen LogP contribution in [0.1, 0.15) is 23.1 Å². The molecule has 1 heterocycles. The van der Waals surface area contributed by atoms with E-state index in [1.807, 2.05) is 36.5 Å². The number of nitrogen functional groups attached to an aromatic ring is 1. The van der Waals surface area contributed by atoms with Gasteiger partial charge in [0.25, 0.3) is 5.69 Å². The summed E-state index contributed by atoms with van der Waals surface area (Å²) in [4.78, 5) is 22.8. The highest BCUT2D eigenvalue weighted by Gasteiger charge is 2.13. The molecule has 29 heavy (non-hydrogen) atoms. The quantitative estimate of drug-likeness (QED) is 0.327. The molecule has 0 amide bonds. The first-order valence-electron chi connectivity index (χ1n) is 8.99. The van der Waals surface area contributed by atoms with Crippen LogP contribution in [0.25, 0.3) is 0 Å². The van der Waals surface area contributed by atoms with Crippen LogP contribution in [0.15, 0.2) is 48.5 Å². The lowest BCUT2D eigenvalue weighted by Gasteiger charge is -2.10. The Labute approximate surface area is 167 Å². The van der Waals surface area contributed by atoms with Gasteiger partial charge in [-0.25, -0.2) is 0 Å². The predicted molar refractivity (Wildman–Crippen MR) is 107 cm³/mol. The number of nitrogens with one attached hydrogen (secondary N) is 1. The topological polar surface area (TPSA) is 157 Å². The summed E-state index contributed by atoms with van der Waals surface area (Å²) < 4.78 is 0. The van der Waals surface area contributed by atoms with E-state index in [9.17, 15) is 15.2 Å². The zero-order valence-electron chi connectivity index (χ0n) is 15.8. The van der Waals surface area contributed by atoms with Crippen molar-refractivity contribution < 1.29 is 15.3 Å². The van der Waals surface area contributed by atoms with Gasteiger partial charge in [0, 0.05) is 17.8 Å². The van der Waals surface area contributed by atoms with E-state index < -0.39 is 11.0 Å². The Morgan fingerprint density at radius 2 is 1.83 bits per heavy atom. The molecule has 150 valence electrons. The lowest BCUT2D eigenvalue weighted by molar-refractivity contribution is -0.678. The summed E-state index contributed by atoms with van der Waals surface area (Å²) in [5.41, 5.74) is 8.35. The predicted octanol–water partition coefficient (Wildman–Crippen LogP) is 1.21. The summed E-state index contributed by atoms with van der Waals surface area (Å²) >= 11 is 0. The second kappa shape index (κ2) is 9.04. The third-order valence-electron chi connectivity index (χ3n) is 4.21. The molecular formula is C19H22N7O3+. The van der Waals surface area contributed by atoms with E-state index in [0.29, 0.717) is 30.4 Å². The van der Waals surface area contributed by atoms with Gasteiger partial charge in [0.1, 0.15) is 19.2 Å². The summed E-state index contributed by atoms with van der Waals surface area (Å²) in [5.74, 6) is 0.928. The Morgan fingerprint density at radius 1 is 1.14 bits per heavy atom. The minimum atomic E-state index is -0.778. The number of nitro groups is 1. The molecule has 6 N–H and O–H groups in total. The fourth-order valence-electron chi connectivity index (χ4n) is 2.68. The monoisotopic (exact) mass is 396 g/mol. The van der Waals surface area contributed by atoms with E-state index in [4.69, 9.17) is 5.73 Å². The van der Waals surface area contributed by atoms with Gasteiger partial charge in [0.15, 0.2) is 5.82 Å². The van der Waals surface area contributed by atoms with E-state index in [0.717, 1.165) is 11.3 Å². The molecule has 3 aromatic rings. The van der Waals surface area contributed by atoms with E-state index in [1.165, 1.54) is 12.1 Å². The lowest BCUT2D eigenvalue weighted by Crippen LogP contribution is -2.83. The summed E-state index contributed by atoms with van der Waals surface area (Å²) in [5, 5.41) is 25.9. The van der Waals surface area contributed by atoms with Crippen molar-refractivity contribution in [1.29, 1.82) is 0 Å². The van der Waals surface area contributed by atoms with Crippen LogP contribution in [-0.2, 0) is 6.54 Å². The molecule has 0 aliphatic rings. The molecule has 1 atom stereocenters. The van der Waals surface area contributed by atoms with Gasteiger partial charge in [0.2, 0.25) is 11.9 Å². The van der Waals surface area contributed by atoms with E-state index in [-0.39, 0.29) is 11.6 Å². The Kier molecular flexibility index (Phi) is 6.27. The number of nitrogens with two attached hydrogens (primary N) is 2. The standard InChI is InChI=1S/C19H21N7O3/c1-12-2-6-14(7-3-12)22-19-24-17(23-18(20)25-19)11-21-10-16(27)13-4-8-15(9-5-13)26(28)29/h2-9,16,21,27H,10-11H2,1H3,(H3,20,22,23,24,25)/p+1/t16-/m1/s1. The van der Waals surface area contributed by atoms with Crippen LogP contribution in [0.3, 0.4) is 0 Å². The normalized spacial score (nSPS) is 11.8. The molecule has 1 aromatic heterocycles. The third-order valence-corrected chi connectivity index (χ3v) is 4.21. The number of non-ortho nitro benzene ring substituents is 1. The third kappa shape index (κ3) is 5.67. The fraction of sp³-hybridized carbons (Fsp3) is 0.211. The van der Waals surface area contributed by atoms with Crippen LogP contribution < -0.4 is 16.4 Å². The number of aryl methyl sites for hydroxylation is 1. The number of quaternary nitrogens is 1. The van der Waals surface area contributed by atoms with Crippen LogP contribution >= 0.6 is 0 Å². The first kappa shape index (κ1) is 20.1. The number of nitro benzene ring substituents is 1. The highest BCUT2D eigenvalue weighted by atomic mass is 16.6. The van der Waals surface area contributed by atoms with Gasteiger partial charge in [-0.3, -0.25) is 10.1 Å². The van der Waals surface area contributed by atoms with Gasteiger partial charge >= 0.3 is 0 Å². The maximum Gasteiger partial charge on any atom is 0.269 e. The molecule has 0 radical (unpaired) electrons. The fourth-order valence-corrected chi connectivity index (χ4v) is 2.68. The maximum absolute atomic E-state index is 10.7. The highest BCUT2D eigenvalue weighted by Crippen LogP contribution is 2.17. The minimum Gasteiger partial charge on any atom is -0.382 e. The number of nitrogens with zero attached hydrogens (tertiary/aromatic N) is 4. The Morgan fingerprint density at radius 3 is 2.48 bits per heavy atom. The Bertz CT molecular complexity index is 978. The zero-order chi connectivity index (χ0) is 20.8. The first-order chi connectivity index (χ1) is 13.9. The van der Waals surface area contributed by atoms with Crippen molar-refractivity contribution in [2.24, 2.45) is 0 Å². The molecule has 2 aromatic carbocycles. The number of hydrogen-bond donors (Lipinski definition) is 4. The average molecular weight is 396 g/mol. The molecule has 10 nitrogen and oxygen atoms in total. The molecule has 0 saturated carbocycles. The van der Waals surface area contributed by atoms with Crippen LogP contribution in [0.4, 0.5) is 23.3 Å². The Hall–Kier alpha value is -3.63. The lowest BCUT2D eigenvalue weighted by atomic mass is 10.1. The molecule has 0 aliphatic heterocycles. The SMILES string of the molecule is Cc1ccc(Nc2nc(N)nc(C[NH2+]C[C@@H](O)c3ccc([N+](=O)[O-])cc3)n2)cc1. The van der Waals surface area contributed by atoms with Crippen molar-refractivity contribution in [3.8, 4) is 0 Å². The van der Waals surface area contributed by atoms with E-state index in [1.54, 1.807) is 12.1 Å². The summed E-state index contributed by atoms with van der Waals surface area (Å²) in [7, 11) is 0. The number of anilines is 3. The van der Waals surface area contributed by atoms with Gasteiger partial charge < -0.3 is 21.5 Å². The smallest absolute Gasteiger partial charge is 0.269 e. The highest BCUT2D eigenvalue weighted by molar-refractivity contribution is 5.54. The molecule has 0 spiro atoms. The van der Waals surface area contributed by atoms with Gasteiger partial charge in [-0.15, -0.1) is 0 Å². The zero-order valence-corrected chi connectivity index (χ0v) is 15.8. The van der Waals surface area contributed by atoms with Crippen molar-refractivity contribution in [3.05, 3.63) is 75.6 Å². The molecule has 0 aliphatic carbocycles. The van der Waals surface area contributed by atoms with Gasteiger partial charge in [0.05, 0.1) is 4.92 Å². The summed E-state index contributed by atoms with van der Waals surface area (Å²) in [6.07, 6.45) is -0.778. The van der Waals surface area contributed by atoms with Crippen LogP contribution in [-0.4, -0.2) is 31.5 Å². The van der Waals surface area contributed by atoms with Crippen molar-refractivity contribution >= 4 is 23.3 Å². The molecule has 10 heteroatoms. The number of aromatic nitrogens is 3. The second-order valence-corrected chi connectivity index (χ2v) is 6.52. The second-order valence-electron chi connectivity index (χ2n) is 6.52. The van der Waals surface area contributed by atoms with Gasteiger partial charge in [-0.05, 0) is 36.8 Å². The Balaban J connectivity index is 1.58. The molecular weight excluding hydrogens is 374 g/mol. The molecule has 0 bridgehead atoms. The van der Waals surface area contributed by atoms with Crippen LogP contribution in [0, 0.1) is 17.0 Å². The number of aliphatic hydroxyl groups is 1. The number of rotatable bonds is 8. The molecule has 0 fully saturated rings. The molecule has 0 unspecified atom stereocenters. The van der Waals surface area contributed by atoms with Crippen LogP contribution in [0.5, 0.6) is 0 Å². The average Bonchev–Trinajstić information content (AvgIpc) is 2.69. The molecule has 0 saturated heterocycles. The first-order valence-corrected chi connectivity index (χ1v) is 8.99.